The first-order valence-corrected chi connectivity index (χ1v) is 14.1. The van der Waals surface area contributed by atoms with Crippen LogP contribution in [-0.2, 0) is 9.53 Å². The minimum absolute atomic E-state index is 0.158. The minimum atomic E-state index is -1.06. The number of methoxy groups -OCH3 is 1. The first kappa shape index (κ1) is 30.6. The molecule has 43 heavy (non-hydrogen) atoms. The Morgan fingerprint density at radius 3 is 2.65 bits per heavy atom. The lowest BCUT2D eigenvalue weighted by Crippen LogP contribution is -2.30. The molecule has 1 aliphatic carbocycles. The van der Waals surface area contributed by atoms with Crippen molar-refractivity contribution in [3.63, 3.8) is 0 Å². The van der Waals surface area contributed by atoms with Gasteiger partial charge in [0.05, 0.1) is 30.6 Å². The lowest BCUT2D eigenvalue weighted by Gasteiger charge is -2.21. The molecule has 3 aromatic rings. The summed E-state index contributed by atoms with van der Waals surface area (Å²) < 4.78 is 11.3. The predicted octanol–water partition coefficient (Wildman–Crippen LogP) is 7.99. The van der Waals surface area contributed by atoms with Crippen LogP contribution < -0.4 is 10.1 Å². The van der Waals surface area contributed by atoms with Crippen LogP contribution in [0.2, 0.25) is 0 Å². The van der Waals surface area contributed by atoms with Gasteiger partial charge in [0.15, 0.2) is 0 Å². The Morgan fingerprint density at radius 1 is 1.23 bits per heavy atom. The summed E-state index contributed by atoms with van der Waals surface area (Å²) in [6, 6.07) is 14.4. The van der Waals surface area contributed by atoms with Crippen LogP contribution in [0.25, 0.3) is 27.7 Å². The first-order valence-electron chi connectivity index (χ1n) is 14.1. The van der Waals surface area contributed by atoms with Crippen LogP contribution in [0.15, 0.2) is 109 Å². The second-order valence-corrected chi connectivity index (χ2v) is 9.74. The van der Waals surface area contributed by atoms with Gasteiger partial charge in [-0.2, -0.15) is 5.26 Å². The van der Waals surface area contributed by atoms with E-state index in [4.69, 9.17) is 14.5 Å². The number of allylic oxidation sites excluding steroid dienone is 9. The molecule has 0 spiro atoms. The number of benzene rings is 2. The van der Waals surface area contributed by atoms with E-state index >= 15 is 0 Å². The summed E-state index contributed by atoms with van der Waals surface area (Å²) in [5.74, 6) is 0.331. The van der Waals surface area contributed by atoms with Crippen molar-refractivity contribution >= 4 is 28.1 Å². The standard InChI is InChI=1S/C36H35N3O4/c1-5-8-12-24(6-2)21-32(36(40)41)39-35-29-22-27(42-4)19-20-31(29)38-34(30(35)23-37)26-17-15-25(16-18-26)28-13-10-9-11-14-33(28)43-7-3/h5-6,8-10,12-20,22,32H,2,7,11,21H2,1,3-4H3,(H,38,39)(H,40,41)/b8-5-,24-12+. The maximum absolute atomic E-state index is 12.4. The molecule has 2 aromatic carbocycles. The molecule has 0 bridgehead atoms. The number of fused-ring (bicyclic) bond motifs is 1. The van der Waals surface area contributed by atoms with Gasteiger partial charge in [0, 0.05) is 22.9 Å². The number of anilines is 1. The quantitative estimate of drug-likeness (QED) is 0.212. The lowest BCUT2D eigenvalue weighted by molar-refractivity contribution is -0.137. The van der Waals surface area contributed by atoms with Gasteiger partial charge in [-0.3, -0.25) is 0 Å². The average molecular weight is 574 g/mol. The molecule has 0 radical (unpaired) electrons. The van der Waals surface area contributed by atoms with Crippen LogP contribution >= 0.6 is 0 Å². The van der Waals surface area contributed by atoms with Gasteiger partial charge in [-0.1, -0.05) is 73.4 Å². The summed E-state index contributed by atoms with van der Waals surface area (Å²) in [5, 5.41) is 24.4. The number of aliphatic carboxylic acids is 1. The molecule has 4 rings (SSSR count). The van der Waals surface area contributed by atoms with E-state index in [1.54, 1.807) is 31.4 Å². The van der Waals surface area contributed by atoms with Gasteiger partial charge in [-0.15, -0.1) is 0 Å². The van der Waals surface area contributed by atoms with Crippen LogP contribution in [0.3, 0.4) is 0 Å². The maximum Gasteiger partial charge on any atom is 0.326 e. The molecule has 0 saturated heterocycles. The van der Waals surface area contributed by atoms with E-state index in [0.717, 1.165) is 34.5 Å². The van der Waals surface area contributed by atoms with E-state index < -0.39 is 12.0 Å². The number of carboxylic acid groups (broad SMARTS) is 1. The molecular formula is C36H35N3O4. The second-order valence-electron chi connectivity index (χ2n) is 9.74. The van der Waals surface area contributed by atoms with Gasteiger partial charge in [-0.05, 0) is 55.7 Å². The number of ether oxygens (including phenoxy) is 2. The molecule has 0 fully saturated rings. The number of carboxylic acids is 1. The van der Waals surface area contributed by atoms with E-state index in [2.05, 4.69) is 30.1 Å². The molecule has 7 heteroatoms. The zero-order valence-corrected chi connectivity index (χ0v) is 24.6. The highest BCUT2D eigenvalue weighted by Gasteiger charge is 2.24. The molecule has 1 atom stereocenters. The van der Waals surface area contributed by atoms with Crippen molar-refractivity contribution in [3.05, 3.63) is 120 Å². The summed E-state index contributed by atoms with van der Waals surface area (Å²) in [6.07, 6.45) is 16.3. The van der Waals surface area contributed by atoms with E-state index in [-0.39, 0.29) is 12.0 Å². The molecular weight excluding hydrogens is 538 g/mol. The fourth-order valence-electron chi connectivity index (χ4n) is 4.83. The number of pyridine rings is 1. The zero-order chi connectivity index (χ0) is 30.8. The highest BCUT2D eigenvalue weighted by molar-refractivity contribution is 6.00. The summed E-state index contributed by atoms with van der Waals surface area (Å²) in [4.78, 5) is 17.3. The number of nitriles is 1. The van der Waals surface area contributed by atoms with Gasteiger partial charge in [0.1, 0.15) is 29.2 Å². The SMILES string of the molecule is C=C/C(=C\C=C/C)CC(Nc1c(C#N)c(-c2ccc(C3=CC=CCC=C3OCC)cc2)nc2ccc(OC)cc12)C(=O)O. The summed E-state index contributed by atoms with van der Waals surface area (Å²) in [5.41, 5.74) is 5.06. The number of hydrogen-bond donors (Lipinski definition) is 2. The monoisotopic (exact) mass is 573 g/mol. The van der Waals surface area contributed by atoms with E-state index in [0.29, 0.717) is 34.6 Å². The van der Waals surface area contributed by atoms with Gasteiger partial charge in [0.2, 0.25) is 0 Å². The fraction of sp³-hybridized carbons (Fsp3) is 0.194. The number of carbonyl (C=O) groups is 1. The van der Waals surface area contributed by atoms with Crippen LogP contribution in [0, 0.1) is 11.3 Å². The molecule has 1 unspecified atom stereocenters. The van der Waals surface area contributed by atoms with Crippen LogP contribution in [0.5, 0.6) is 5.75 Å². The Bertz CT molecular complexity index is 1700. The number of aromatic nitrogens is 1. The Balaban J connectivity index is 1.84. The molecule has 1 aliphatic rings. The number of hydrogen-bond acceptors (Lipinski definition) is 6. The maximum atomic E-state index is 12.4. The molecule has 2 N–H and O–H groups in total. The Labute approximate surface area is 252 Å². The Kier molecular flexibility index (Phi) is 10.3. The van der Waals surface area contributed by atoms with E-state index in [1.165, 1.54) is 0 Å². The third kappa shape index (κ3) is 7.11. The number of rotatable bonds is 12. The first-order chi connectivity index (χ1) is 20.9. The summed E-state index contributed by atoms with van der Waals surface area (Å²) >= 11 is 0. The van der Waals surface area contributed by atoms with Crippen molar-refractivity contribution in [2.24, 2.45) is 0 Å². The van der Waals surface area contributed by atoms with Crippen molar-refractivity contribution in [3.8, 4) is 23.1 Å². The molecule has 1 aromatic heterocycles. The van der Waals surface area contributed by atoms with Crippen molar-refractivity contribution in [1.29, 1.82) is 5.26 Å². The van der Waals surface area contributed by atoms with Gasteiger partial charge in [0.25, 0.3) is 0 Å². The molecule has 7 nitrogen and oxygen atoms in total. The largest absolute Gasteiger partial charge is 0.497 e. The van der Waals surface area contributed by atoms with Crippen LogP contribution in [-0.4, -0.2) is 35.8 Å². The van der Waals surface area contributed by atoms with Crippen molar-refractivity contribution < 1.29 is 19.4 Å². The molecule has 1 heterocycles. The highest BCUT2D eigenvalue weighted by atomic mass is 16.5. The third-order valence-electron chi connectivity index (χ3n) is 7.00. The van der Waals surface area contributed by atoms with Gasteiger partial charge < -0.3 is 19.9 Å². The lowest BCUT2D eigenvalue weighted by atomic mass is 9.97. The summed E-state index contributed by atoms with van der Waals surface area (Å²) in [6.45, 7) is 8.24. The molecule has 218 valence electrons. The number of nitrogens with zero attached hydrogens (tertiary/aromatic N) is 2. The number of nitrogens with one attached hydrogen (secondary N) is 1. The van der Waals surface area contributed by atoms with Crippen molar-refractivity contribution in [2.45, 2.75) is 32.7 Å². The van der Waals surface area contributed by atoms with E-state index in [9.17, 15) is 15.2 Å². The smallest absolute Gasteiger partial charge is 0.326 e. The molecule has 0 aliphatic heterocycles. The summed E-state index contributed by atoms with van der Waals surface area (Å²) in [7, 11) is 1.55. The fourth-order valence-corrected chi connectivity index (χ4v) is 4.83. The van der Waals surface area contributed by atoms with Gasteiger partial charge in [-0.25, -0.2) is 9.78 Å². The second kappa shape index (κ2) is 14.5. The van der Waals surface area contributed by atoms with Crippen molar-refractivity contribution in [1.82, 2.24) is 4.98 Å². The van der Waals surface area contributed by atoms with Crippen LogP contribution in [0.1, 0.15) is 37.8 Å². The van der Waals surface area contributed by atoms with E-state index in [1.807, 2.05) is 68.5 Å². The third-order valence-corrected chi connectivity index (χ3v) is 7.00. The van der Waals surface area contributed by atoms with Crippen molar-refractivity contribution in [2.75, 3.05) is 19.0 Å². The average Bonchev–Trinajstić information content (AvgIpc) is 3.27. The highest BCUT2D eigenvalue weighted by Crippen LogP contribution is 2.37. The normalized spacial score (nSPS) is 14.0. The minimum Gasteiger partial charge on any atom is -0.497 e. The van der Waals surface area contributed by atoms with Crippen LogP contribution in [0.4, 0.5) is 5.69 Å². The Hall–Kier alpha value is -5.35. The molecule has 0 saturated carbocycles. The Morgan fingerprint density at radius 2 is 2.00 bits per heavy atom. The van der Waals surface area contributed by atoms with Gasteiger partial charge >= 0.3 is 5.97 Å². The molecule has 0 amide bonds. The topological polar surface area (TPSA) is 104 Å². The zero-order valence-electron chi connectivity index (χ0n) is 24.6. The predicted molar refractivity (Wildman–Crippen MR) is 173 cm³/mol.